The lowest BCUT2D eigenvalue weighted by molar-refractivity contribution is -0.136. The maximum atomic E-state index is 13.4. The maximum Gasteiger partial charge on any atom is 0.313 e. The van der Waals surface area contributed by atoms with Crippen molar-refractivity contribution < 1.29 is 18.0 Å². The van der Waals surface area contributed by atoms with E-state index >= 15 is 0 Å². The van der Waals surface area contributed by atoms with Gasteiger partial charge in [-0.05, 0) is 74.9 Å². The van der Waals surface area contributed by atoms with E-state index in [0.717, 1.165) is 36.0 Å². The Kier molecular flexibility index (Phi) is 7.69. The molecule has 1 fully saturated rings. The van der Waals surface area contributed by atoms with E-state index in [1.54, 1.807) is 35.5 Å². The molecule has 7 nitrogen and oxygen atoms in total. The van der Waals surface area contributed by atoms with Gasteiger partial charge in [0.15, 0.2) is 0 Å². The van der Waals surface area contributed by atoms with Crippen LogP contribution in [0.2, 0.25) is 0 Å². The van der Waals surface area contributed by atoms with Crippen molar-refractivity contribution in [1.82, 2.24) is 9.62 Å². The van der Waals surface area contributed by atoms with Crippen molar-refractivity contribution in [2.75, 3.05) is 18.4 Å². The summed E-state index contributed by atoms with van der Waals surface area (Å²) in [5, 5.41) is 5.20. The van der Waals surface area contributed by atoms with Crippen molar-refractivity contribution in [3.8, 4) is 0 Å². The van der Waals surface area contributed by atoms with Crippen molar-refractivity contribution in [2.24, 2.45) is 0 Å². The number of benzene rings is 2. The predicted octanol–water partition coefficient (Wildman–Crippen LogP) is 3.30. The molecule has 32 heavy (non-hydrogen) atoms. The second-order valence-electron chi connectivity index (χ2n) is 8.40. The molecule has 1 saturated heterocycles. The molecule has 0 aliphatic carbocycles. The van der Waals surface area contributed by atoms with Crippen LogP contribution in [-0.2, 0) is 19.6 Å². The Balaban J connectivity index is 1.61. The molecule has 0 radical (unpaired) electrons. The third-order valence-corrected chi connectivity index (χ3v) is 7.84. The normalized spacial score (nSPS) is 17.0. The Bertz CT molecular complexity index is 1100. The lowest BCUT2D eigenvalue weighted by Gasteiger charge is -2.35. The number of carbonyl (C=O) groups excluding carboxylic acids is 2. The van der Waals surface area contributed by atoms with Crippen LogP contribution >= 0.6 is 0 Å². The van der Waals surface area contributed by atoms with Gasteiger partial charge in [-0.1, -0.05) is 30.7 Å². The maximum absolute atomic E-state index is 13.4. The zero-order valence-electron chi connectivity index (χ0n) is 18.8. The van der Waals surface area contributed by atoms with E-state index in [9.17, 15) is 18.0 Å². The minimum atomic E-state index is -3.63. The van der Waals surface area contributed by atoms with Gasteiger partial charge in [0.2, 0.25) is 10.0 Å². The molecule has 2 aromatic rings. The van der Waals surface area contributed by atoms with Crippen LogP contribution in [0.5, 0.6) is 0 Å². The molecule has 0 spiro atoms. The SMILES string of the molecule is Cc1cccc(NC(=O)C(=O)NCC[C@H]2CCCCN2S(=O)(=O)c2cc(C)ccc2C)c1. The van der Waals surface area contributed by atoms with Gasteiger partial charge in [-0.15, -0.1) is 0 Å². The zero-order chi connectivity index (χ0) is 23.3. The number of carbonyl (C=O) groups is 2. The summed E-state index contributed by atoms with van der Waals surface area (Å²) in [6.45, 7) is 6.27. The number of rotatable bonds is 6. The van der Waals surface area contributed by atoms with E-state index in [1.807, 2.05) is 32.0 Å². The third kappa shape index (κ3) is 5.75. The molecule has 0 saturated carbocycles. The van der Waals surface area contributed by atoms with Gasteiger partial charge in [0.05, 0.1) is 4.90 Å². The minimum Gasteiger partial charge on any atom is -0.348 e. The van der Waals surface area contributed by atoms with Crippen LogP contribution in [0.3, 0.4) is 0 Å². The van der Waals surface area contributed by atoms with Gasteiger partial charge in [0.25, 0.3) is 0 Å². The van der Waals surface area contributed by atoms with Gasteiger partial charge in [0.1, 0.15) is 0 Å². The first-order valence-electron chi connectivity index (χ1n) is 10.9. The summed E-state index contributed by atoms with van der Waals surface area (Å²) < 4.78 is 28.3. The fourth-order valence-corrected chi connectivity index (χ4v) is 6.07. The Morgan fingerprint density at radius 1 is 1.00 bits per heavy atom. The fraction of sp³-hybridized carbons (Fsp3) is 0.417. The number of piperidine rings is 1. The topological polar surface area (TPSA) is 95.6 Å². The molecule has 2 N–H and O–H groups in total. The second-order valence-corrected chi connectivity index (χ2v) is 10.3. The molecule has 1 aliphatic rings. The highest BCUT2D eigenvalue weighted by atomic mass is 32.2. The van der Waals surface area contributed by atoms with E-state index in [0.29, 0.717) is 23.5 Å². The molecule has 0 unspecified atom stereocenters. The Labute approximate surface area is 190 Å². The molecule has 8 heteroatoms. The summed E-state index contributed by atoms with van der Waals surface area (Å²) >= 11 is 0. The lowest BCUT2D eigenvalue weighted by Crippen LogP contribution is -2.46. The first-order chi connectivity index (χ1) is 15.2. The summed E-state index contributed by atoms with van der Waals surface area (Å²) in [6.07, 6.45) is 2.93. The van der Waals surface area contributed by atoms with E-state index < -0.39 is 21.8 Å². The van der Waals surface area contributed by atoms with E-state index in [-0.39, 0.29) is 12.6 Å². The Hall–Kier alpha value is -2.71. The zero-order valence-corrected chi connectivity index (χ0v) is 19.7. The van der Waals surface area contributed by atoms with Gasteiger partial charge >= 0.3 is 11.8 Å². The number of sulfonamides is 1. The molecule has 1 aliphatic heterocycles. The molecule has 2 amide bonds. The summed E-state index contributed by atoms with van der Waals surface area (Å²) in [5.74, 6) is -1.47. The second kappa shape index (κ2) is 10.3. The Morgan fingerprint density at radius 3 is 2.50 bits per heavy atom. The average Bonchev–Trinajstić information content (AvgIpc) is 2.75. The van der Waals surface area contributed by atoms with Gasteiger partial charge in [-0.3, -0.25) is 9.59 Å². The molecular formula is C24H31N3O4S. The number of amides is 2. The molecule has 1 heterocycles. The summed E-state index contributed by atoms with van der Waals surface area (Å²) in [6, 6.07) is 12.4. The quantitative estimate of drug-likeness (QED) is 0.651. The van der Waals surface area contributed by atoms with Crippen molar-refractivity contribution >= 4 is 27.5 Å². The first-order valence-corrected chi connectivity index (χ1v) is 12.4. The molecular weight excluding hydrogens is 426 g/mol. The van der Waals surface area contributed by atoms with Gasteiger partial charge in [0, 0.05) is 24.8 Å². The number of hydrogen-bond donors (Lipinski definition) is 2. The molecule has 1 atom stereocenters. The van der Waals surface area contributed by atoms with Crippen LogP contribution in [0.25, 0.3) is 0 Å². The van der Waals surface area contributed by atoms with Crippen LogP contribution in [0, 0.1) is 20.8 Å². The van der Waals surface area contributed by atoms with Crippen LogP contribution in [0.15, 0.2) is 47.4 Å². The lowest BCUT2D eigenvalue weighted by atomic mass is 10.0. The summed E-state index contributed by atoms with van der Waals surface area (Å²) in [7, 11) is -3.63. The highest BCUT2D eigenvalue weighted by molar-refractivity contribution is 7.89. The predicted molar refractivity (Wildman–Crippen MR) is 125 cm³/mol. The first kappa shape index (κ1) is 23.9. The van der Waals surface area contributed by atoms with Gasteiger partial charge in [-0.2, -0.15) is 4.31 Å². The van der Waals surface area contributed by atoms with E-state index in [4.69, 9.17) is 0 Å². The van der Waals surface area contributed by atoms with Gasteiger partial charge in [-0.25, -0.2) is 8.42 Å². The summed E-state index contributed by atoms with van der Waals surface area (Å²) in [5.41, 5.74) is 3.16. The number of nitrogens with one attached hydrogen (secondary N) is 2. The van der Waals surface area contributed by atoms with Crippen molar-refractivity contribution in [1.29, 1.82) is 0 Å². The third-order valence-electron chi connectivity index (χ3n) is 5.75. The number of hydrogen-bond acceptors (Lipinski definition) is 4. The smallest absolute Gasteiger partial charge is 0.313 e. The Morgan fingerprint density at radius 2 is 1.75 bits per heavy atom. The molecule has 3 rings (SSSR count). The van der Waals surface area contributed by atoms with Crippen molar-refractivity contribution in [3.63, 3.8) is 0 Å². The largest absolute Gasteiger partial charge is 0.348 e. The highest BCUT2D eigenvalue weighted by Gasteiger charge is 2.34. The molecule has 172 valence electrons. The average molecular weight is 458 g/mol. The molecule has 0 aromatic heterocycles. The van der Waals surface area contributed by atoms with Crippen LogP contribution in [0.1, 0.15) is 42.4 Å². The highest BCUT2D eigenvalue weighted by Crippen LogP contribution is 2.29. The minimum absolute atomic E-state index is 0.214. The van der Waals surface area contributed by atoms with Gasteiger partial charge < -0.3 is 10.6 Å². The molecule has 2 aromatic carbocycles. The number of anilines is 1. The monoisotopic (exact) mass is 457 g/mol. The van der Waals surface area contributed by atoms with Crippen LogP contribution < -0.4 is 10.6 Å². The van der Waals surface area contributed by atoms with E-state index in [1.165, 1.54) is 0 Å². The summed E-state index contributed by atoms with van der Waals surface area (Å²) in [4.78, 5) is 24.7. The fourth-order valence-electron chi connectivity index (χ4n) is 4.03. The molecule has 0 bridgehead atoms. The number of nitrogens with zero attached hydrogens (tertiary/aromatic N) is 1. The van der Waals surface area contributed by atoms with Crippen LogP contribution in [0.4, 0.5) is 5.69 Å². The standard InChI is InChI=1S/C24H31N3O4S/c1-17-7-6-8-20(15-17)26-24(29)23(28)25-13-12-21-9-4-5-14-27(21)32(30,31)22-16-18(2)10-11-19(22)3/h6-8,10-11,15-16,21H,4-5,9,12-14H2,1-3H3,(H,25,28)(H,26,29)/t21-/m1/s1. The van der Waals surface area contributed by atoms with Crippen molar-refractivity contribution in [3.05, 3.63) is 59.2 Å². The van der Waals surface area contributed by atoms with Crippen molar-refractivity contribution in [2.45, 2.75) is 57.4 Å². The van der Waals surface area contributed by atoms with E-state index in [2.05, 4.69) is 10.6 Å². The number of aryl methyl sites for hydroxylation is 3. The van der Waals surface area contributed by atoms with Crippen LogP contribution in [-0.4, -0.2) is 43.7 Å².